The minimum atomic E-state index is -1.07. The summed E-state index contributed by atoms with van der Waals surface area (Å²) in [5.74, 6) is -1.35. The number of hydrogen-bond donors (Lipinski definition) is 4. The van der Waals surface area contributed by atoms with Crippen LogP contribution in [0.25, 0.3) is 27.8 Å². The van der Waals surface area contributed by atoms with Gasteiger partial charge >= 0.3 is 0 Å². The number of halogens is 1. The molecule has 5 aromatic rings. The highest BCUT2D eigenvalue weighted by molar-refractivity contribution is 6.08. The summed E-state index contributed by atoms with van der Waals surface area (Å²) in [4.78, 5) is 28.6. The van der Waals surface area contributed by atoms with Crippen LogP contribution in [0, 0.1) is 12.7 Å². The molecule has 0 radical (unpaired) electrons. The first-order valence-corrected chi connectivity index (χ1v) is 11.4. The topological polar surface area (TPSA) is 113 Å². The van der Waals surface area contributed by atoms with Crippen LogP contribution in [0.15, 0.2) is 71.5 Å². The molecule has 182 valence electrons. The summed E-state index contributed by atoms with van der Waals surface area (Å²) in [7, 11) is 0. The first-order valence-electron chi connectivity index (χ1n) is 11.4. The monoisotopic (exact) mass is 484 g/mol. The van der Waals surface area contributed by atoms with E-state index in [4.69, 9.17) is 5.73 Å². The summed E-state index contributed by atoms with van der Waals surface area (Å²) in [6, 6.07) is 18.5. The van der Waals surface area contributed by atoms with Crippen molar-refractivity contribution < 1.29 is 14.3 Å². The Morgan fingerprint density at radius 2 is 1.78 bits per heavy atom. The van der Waals surface area contributed by atoms with Crippen molar-refractivity contribution in [1.29, 1.82) is 0 Å². The molecule has 0 saturated carbocycles. The van der Waals surface area contributed by atoms with E-state index < -0.39 is 17.3 Å². The number of aromatic amines is 1. The molecule has 0 unspecified atom stereocenters. The highest BCUT2D eigenvalue weighted by atomic mass is 19.1. The van der Waals surface area contributed by atoms with E-state index >= 15 is 0 Å². The fourth-order valence-electron chi connectivity index (χ4n) is 4.50. The predicted octanol–water partition coefficient (Wildman–Crippen LogP) is 4.96. The number of aromatic nitrogens is 2. The van der Waals surface area contributed by atoms with E-state index in [1.54, 1.807) is 38.1 Å². The molecule has 0 aliphatic rings. The Bertz CT molecular complexity index is 1710. The van der Waals surface area contributed by atoms with E-state index in [0.717, 1.165) is 22.3 Å². The van der Waals surface area contributed by atoms with Crippen molar-refractivity contribution >= 4 is 33.8 Å². The molecule has 0 bridgehead atoms. The summed E-state index contributed by atoms with van der Waals surface area (Å²) in [6.45, 7) is 5.21. The van der Waals surface area contributed by atoms with Crippen molar-refractivity contribution in [2.24, 2.45) is 0 Å². The molecule has 5 N–H and O–H groups in total. The number of rotatable bonds is 4. The second-order valence-electron chi connectivity index (χ2n) is 9.32. The molecule has 0 fully saturated rings. The number of H-pyrrole nitrogens is 1. The van der Waals surface area contributed by atoms with Gasteiger partial charge in [-0.05, 0) is 74.4 Å². The van der Waals surface area contributed by atoms with E-state index in [9.17, 15) is 19.1 Å². The van der Waals surface area contributed by atoms with Gasteiger partial charge in [-0.15, -0.1) is 0 Å². The maximum atomic E-state index is 14.3. The molecule has 0 aliphatic heterocycles. The Morgan fingerprint density at radius 1 is 1.06 bits per heavy atom. The molecule has 2 aromatic heterocycles. The van der Waals surface area contributed by atoms with Crippen molar-refractivity contribution in [3.05, 3.63) is 99.6 Å². The van der Waals surface area contributed by atoms with Gasteiger partial charge in [0.2, 0.25) is 0 Å². The number of amides is 1. The number of nitrogens with zero attached hydrogens (tertiary/aromatic N) is 1. The van der Waals surface area contributed by atoms with Gasteiger partial charge < -0.3 is 25.5 Å². The molecule has 0 saturated heterocycles. The number of carbonyl (C=O) groups is 1. The van der Waals surface area contributed by atoms with Gasteiger partial charge in [0.15, 0.2) is 0 Å². The predicted molar refractivity (Wildman–Crippen MR) is 140 cm³/mol. The number of fused-ring (bicyclic) bond motifs is 3. The fraction of sp³-hybridized carbons (Fsp3) is 0.143. The Balaban J connectivity index is 1.65. The summed E-state index contributed by atoms with van der Waals surface area (Å²) in [5.41, 5.74) is 9.58. The maximum absolute atomic E-state index is 14.3. The zero-order valence-electron chi connectivity index (χ0n) is 20.0. The molecule has 8 heteroatoms. The summed E-state index contributed by atoms with van der Waals surface area (Å²) >= 11 is 0. The number of carbonyl (C=O) groups excluding carboxylic acids is 1. The highest BCUT2D eigenvalue weighted by Crippen LogP contribution is 2.32. The number of anilines is 2. The first-order chi connectivity index (χ1) is 17.1. The SMILES string of the molecule is Cc1c(NC(=O)c2c(N)cccc2F)cccc1-c1ccc2c(=O)[nH]c3cc(C(C)(C)O)ccc3n12. The lowest BCUT2D eigenvalue weighted by atomic mass is 9.98. The van der Waals surface area contributed by atoms with Gasteiger partial charge in [-0.1, -0.05) is 24.3 Å². The van der Waals surface area contributed by atoms with E-state index in [0.29, 0.717) is 22.3 Å². The van der Waals surface area contributed by atoms with Crippen molar-refractivity contribution in [2.45, 2.75) is 26.4 Å². The Hall–Kier alpha value is -4.43. The number of nitrogen functional groups attached to an aromatic ring is 1. The van der Waals surface area contributed by atoms with Crippen LogP contribution in [0.4, 0.5) is 15.8 Å². The Labute approximate surface area is 206 Å². The zero-order chi connectivity index (χ0) is 25.8. The number of hydrogen-bond acceptors (Lipinski definition) is 4. The molecule has 7 nitrogen and oxygen atoms in total. The van der Waals surface area contributed by atoms with Crippen LogP contribution in [0.5, 0.6) is 0 Å². The van der Waals surface area contributed by atoms with Crippen LogP contribution in [0.3, 0.4) is 0 Å². The molecule has 0 spiro atoms. The van der Waals surface area contributed by atoms with Gasteiger partial charge in [-0.3, -0.25) is 9.59 Å². The third kappa shape index (κ3) is 3.81. The Kier molecular flexibility index (Phi) is 5.41. The molecular weight excluding hydrogens is 459 g/mol. The summed E-state index contributed by atoms with van der Waals surface area (Å²) < 4.78 is 16.1. The van der Waals surface area contributed by atoms with Gasteiger partial charge in [-0.25, -0.2) is 4.39 Å². The van der Waals surface area contributed by atoms with E-state index in [1.165, 1.54) is 18.2 Å². The molecule has 5 rings (SSSR count). The third-order valence-corrected chi connectivity index (χ3v) is 6.44. The van der Waals surface area contributed by atoms with Crippen LogP contribution >= 0.6 is 0 Å². The average Bonchev–Trinajstić information content (AvgIpc) is 3.25. The zero-order valence-corrected chi connectivity index (χ0v) is 20.0. The lowest BCUT2D eigenvalue weighted by molar-refractivity contribution is 0.0787. The van der Waals surface area contributed by atoms with Gasteiger partial charge in [0.05, 0.1) is 27.9 Å². The minimum Gasteiger partial charge on any atom is -0.398 e. The average molecular weight is 485 g/mol. The van der Waals surface area contributed by atoms with Crippen molar-refractivity contribution in [3.63, 3.8) is 0 Å². The molecule has 36 heavy (non-hydrogen) atoms. The number of aliphatic hydroxyl groups is 1. The van der Waals surface area contributed by atoms with Crippen LogP contribution in [0.2, 0.25) is 0 Å². The quantitative estimate of drug-likeness (QED) is 0.270. The van der Waals surface area contributed by atoms with E-state index in [-0.39, 0.29) is 16.8 Å². The van der Waals surface area contributed by atoms with Gasteiger partial charge in [0.25, 0.3) is 11.5 Å². The second kappa shape index (κ2) is 8.35. The van der Waals surface area contributed by atoms with E-state index in [2.05, 4.69) is 10.3 Å². The van der Waals surface area contributed by atoms with Crippen LogP contribution in [-0.2, 0) is 5.60 Å². The van der Waals surface area contributed by atoms with Crippen molar-refractivity contribution in [3.8, 4) is 11.3 Å². The maximum Gasteiger partial charge on any atom is 0.272 e. The lowest BCUT2D eigenvalue weighted by Gasteiger charge is -2.19. The minimum absolute atomic E-state index is 0.0509. The summed E-state index contributed by atoms with van der Waals surface area (Å²) in [5, 5.41) is 13.2. The molecule has 1 amide bonds. The molecule has 2 heterocycles. The van der Waals surface area contributed by atoms with Gasteiger partial charge in [0.1, 0.15) is 11.3 Å². The summed E-state index contributed by atoms with van der Waals surface area (Å²) in [6.07, 6.45) is 0. The standard InChI is InChI=1S/C28H25FN4O3/c1-15-17(6-4-9-20(15)31-27(35)25-18(29)7-5-8-19(25)30)22-12-13-24-26(34)32-21-14-16(28(2,3)36)10-11-23(21)33(22)24/h4-14,36H,30H2,1-3H3,(H,31,35)(H,32,34). The van der Waals surface area contributed by atoms with Crippen molar-refractivity contribution in [1.82, 2.24) is 9.38 Å². The largest absolute Gasteiger partial charge is 0.398 e. The molecular formula is C28H25FN4O3. The van der Waals surface area contributed by atoms with Gasteiger partial charge in [-0.2, -0.15) is 0 Å². The third-order valence-electron chi connectivity index (χ3n) is 6.44. The second-order valence-corrected chi connectivity index (χ2v) is 9.32. The highest BCUT2D eigenvalue weighted by Gasteiger charge is 2.20. The molecule has 0 atom stereocenters. The number of benzene rings is 3. The van der Waals surface area contributed by atoms with Crippen LogP contribution < -0.4 is 16.6 Å². The van der Waals surface area contributed by atoms with E-state index in [1.807, 2.05) is 35.6 Å². The fourth-order valence-corrected chi connectivity index (χ4v) is 4.50. The first kappa shape index (κ1) is 23.3. The number of nitrogens with one attached hydrogen (secondary N) is 2. The van der Waals surface area contributed by atoms with Crippen LogP contribution in [0.1, 0.15) is 35.3 Å². The van der Waals surface area contributed by atoms with Gasteiger partial charge in [0, 0.05) is 16.9 Å². The molecule has 3 aromatic carbocycles. The van der Waals surface area contributed by atoms with Crippen molar-refractivity contribution in [2.75, 3.05) is 11.1 Å². The smallest absolute Gasteiger partial charge is 0.272 e. The Morgan fingerprint density at radius 3 is 2.50 bits per heavy atom. The number of nitrogens with two attached hydrogens (primary N) is 1. The van der Waals surface area contributed by atoms with Crippen LogP contribution in [-0.4, -0.2) is 20.4 Å². The molecule has 0 aliphatic carbocycles. The lowest BCUT2D eigenvalue weighted by Crippen LogP contribution is -2.17. The normalized spacial score (nSPS) is 11.8.